The summed E-state index contributed by atoms with van der Waals surface area (Å²) in [6.07, 6.45) is 6.85. The van der Waals surface area contributed by atoms with Crippen molar-refractivity contribution in [3.8, 4) is 0 Å². The highest BCUT2D eigenvalue weighted by Gasteiger charge is 2.27. The van der Waals surface area contributed by atoms with Crippen molar-refractivity contribution in [3.63, 3.8) is 0 Å². The van der Waals surface area contributed by atoms with Crippen LogP contribution in [0, 0.1) is 5.41 Å². The standard InChI is InChI=1S/C11H23N/c1-4-8-12-10-6-5-7-11(2,3)9-10/h10,12H,4-9H2,1-3H3/t10-/m1/s1. The summed E-state index contributed by atoms with van der Waals surface area (Å²) in [4.78, 5) is 0. The molecule has 0 aromatic carbocycles. The minimum Gasteiger partial charge on any atom is -0.314 e. The van der Waals surface area contributed by atoms with Crippen LogP contribution in [0.3, 0.4) is 0 Å². The molecule has 1 rings (SSSR count). The van der Waals surface area contributed by atoms with Gasteiger partial charge in [-0.25, -0.2) is 0 Å². The first kappa shape index (κ1) is 10.0. The van der Waals surface area contributed by atoms with Gasteiger partial charge < -0.3 is 5.32 Å². The largest absolute Gasteiger partial charge is 0.314 e. The van der Waals surface area contributed by atoms with Crippen molar-refractivity contribution in [1.82, 2.24) is 5.32 Å². The van der Waals surface area contributed by atoms with Gasteiger partial charge in [0.2, 0.25) is 0 Å². The Morgan fingerprint density at radius 1 is 1.42 bits per heavy atom. The van der Waals surface area contributed by atoms with E-state index < -0.39 is 0 Å². The molecule has 0 radical (unpaired) electrons. The second kappa shape index (κ2) is 4.27. The van der Waals surface area contributed by atoms with E-state index >= 15 is 0 Å². The fourth-order valence-corrected chi connectivity index (χ4v) is 2.22. The molecule has 1 saturated carbocycles. The van der Waals surface area contributed by atoms with E-state index in [-0.39, 0.29) is 0 Å². The number of hydrogen-bond acceptors (Lipinski definition) is 1. The van der Waals surface area contributed by atoms with E-state index in [1.54, 1.807) is 0 Å². The predicted molar refractivity (Wildman–Crippen MR) is 54.3 cm³/mol. The molecule has 1 N–H and O–H groups in total. The zero-order valence-corrected chi connectivity index (χ0v) is 8.82. The lowest BCUT2D eigenvalue weighted by Gasteiger charge is -2.35. The first-order valence-electron chi connectivity index (χ1n) is 5.37. The van der Waals surface area contributed by atoms with E-state index in [2.05, 4.69) is 26.1 Å². The van der Waals surface area contributed by atoms with Crippen LogP contribution in [-0.2, 0) is 0 Å². The molecular formula is C11H23N. The first-order chi connectivity index (χ1) is 5.64. The van der Waals surface area contributed by atoms with Crippen LogP contribution < -0.4 is 5.32 Å². The summed E-state index contributed by atoms with van der Waals surface area (Å²) < 4.78 is 0. The van der Waals surface area contributed by atoms with Crippen molar-refractivity contribution in [3.05, 3.63) is 0 Å². The van der Waals surface area contributed by atoms with E-state index in [9.17, 15) is 0 Å². The fraction of sp³-hybridized carbons (Fsp3) is 1.00. The molecule has 0 aromatic rings. The lowest BCUT2D eigenvalue weighted by atomic mass is 9.75. The topological polar surface area (TPSA) is 12.0 Å². The summed E-state index contributed by atoms with van der Waals surface area (Å²) in [6.45, 7) is 8.22. The molecule has 12 heavy (non-hydrogen) atoms. The highest BCUT2D eigenvalue weighted by Crippen LogP contribution is 2.34. The normalized spacial score (nSPS) is 28.8. The van der Waals surface area contributed by atoms with Crippen LogP contribution >= 0.6 is 0 Å². The van der Waals surface area contributed by atoms with Gasteiger partial charge in [0.15, 0.2) is 0 Å². The maximum atomic E-state index is 3.63. The van der Waals surface area contributed by atoms with E-state index in [1.165, 1.54) is 38.6 Å². The third kappa shape index (κ3) is 3.14. The molecule has 1 aliphatic rings. The Morgan fingerprint density at radius 2 is 2.17 bits per heavy atom. The summed E-state index contributed by atoms with van der Waals surface area (Å²) in [5.74, 6) is 0. The van der Waals surface area contributed by atoms with Crippen molar-refractivity contribution < 1.29 is 0 Å². The average molecular weight is 169 g/mol. The second-order valence-corrected chi connectivity index (χ2v) is 4.91. The third-order valence-corrected chi connectivity index (χ3v) is 2.89. The summed E-state index contributed by atoms with van der Waals surface area (Å²) >= 11 is 0. The highest BCUT2D eigenvalue weighted by molar-refractivity contribution is 4.82. The Morgan fingerprint density at radius 3 is 2.75 bits per heavy atom. The molecule has 0 heterocycles. The molecule has 0 saturated heterocycles. The molecule has 0 aromatic heterocycles. The Balaban J connectivity index is 2.26. The molecule has 0 aliphatic heterocycles. The molecule has 1 atom stereocenters. The smallest absolute Gasteiger partial charge is 0.00721 e. The Kier molecular flexibility index (Phi) is 3.57. The number of rotatable bonds is 3. The van der Waals surface area contributed by atoms with Crippen LogP contribution in [-0.4, -0.2) is 12.6 Å². The van der Waals surface area contributed by atoms with Crippen molar-refractivity contribution in [2.75, 3.05) is 6.54 Å². The van der Waals surface area contributed by atoms with Gasteiger partial charge in [-0.05, 0) is 37.6 Å². The van der Waals surface area contributed by atoms with Crippen LogP contribution in [0.2, 0.25) is 0 Å². The van der Waals surface area contributed by atoms with Gasteiger partial charge in [-0.2, -0.15) is 0 Å². The molecule has 1 aliphatic carbocycles. The monoisotopic (exact) mass is 169 g/mol. The molecule has 1 heteroatoms. The minimum absolute atomic E-state index is 0.587. The van der Waals surface area contributed by atoms with Gasteiger partial charge in [0.1, 0.15) is 0 Å². The summed E-state index contributed by atoms with van der Waals surface area (Å²) in [7, 11) is 0. The maximum absolute atomic E-state index is 3.63. The molecule has 72 valence electrons. The van der Waals surface area contributed by atoms with Crippen molar-refractivity contribution >= 4 is 0 Å². The molecule has 1 fully saturated rings. The Bertz CT molecular complexity index is 129. The van der Waals surface area contributed by atoms with Crippen LogP contribution in [0.4, 0.5) is 0 Å². The summed E-state index contributed by atoms with van der Waals surface area (Å²) in [6, 6.07) is 0.800. The van der Waals surface area contributed by atoms with Gasteiger partial charge in [0.05, 0.1) is 0 Å². The van der Waals surface area contributed by atoms with Gasteiger partial charge in [-0.15, -0.1) is 0 Å². The average Bonchev–Trinajstić information content (AvgIpc) is 1.99. The number of nitrogens with one attached hydrogen (secondary N) is 1. The SMILES string of the molecule is CCCN[C@@H]1CCCC(C)(C)C1. The molecule has 0 bridgehead atoms. The quantitative estimate of drug-likeness (QED) is 0.685. The lowest BCUT2D eigenvalue weighted by molar-refractivity contribution is 0.199. The van der Waals surface area contributed by atoms with Crippen LogP contribution in [0.5, 0.6) is 0 Å². The number of hydrogen-bond donors (Lipinski definition) is 1. The molecular weight excluding hydrogens is 146 g/mol. The zero-order valence-electron chi connectivity index (χ0n) is 8.82. The van der Waals surface area contributed by atoms with E-state index in [0.717, 1.165) is 6.04 Å². The van der Waals surface area contributed by atoms with E-state index in [1.807, 2.05) is 0 Å². The van der Waals surface area contributed by atoms with Gasteiger partial charge in [0.25, 0.3) is 0 Å². The Hall–Kier alpha value is -0.0400. The lowest BCUT2D eigenvalue weighted by Crippen LogP contribution is -2.37. The molecule has 0 amide bonds. The van der Waals surface area contributed by atoms with Crippen molar-refractivity contribution in [2.24, 2.45) is 5.41 Å². The van der Waals surface area contributed by atoms with Gasteiger partial charge >= 0.3 is 0 Å². The Labute approximate surface area is 76.9 Å². The highest BCUT2D eigenvalue weighted by atomic mass is 14.9. The van der Waals surface area contributed by atoms with E-state index in [0.29, 0.717) is 5.41 Å². The predicted octanol–water partition coefficient (Wildman–Crippen LogP) is 2.95. The second-order valence-electron chi connectivity index (χ2n) is 4.91. The van der Waals surface area contributed by atoms with Crippen molar-refractivity contribution in [1.29, 1.82) is 0 Å². The van der Waals surface area contributed by atoms with Gasteiger partial charge in [-0.3, -0.25) is 0 Å². The molecule has 1 nitrogen and oxygen atoms in total. The van der Waals surface area contributed by atoms with Gasteiger partial charge in [0, 0.05) is 6.04 Å². The maximum Gasteiger partial charge on any atom is 0.00721 e. The van der Waals surface area contributed by atoms with Crippen LogP contribution in [0.1, 0.15) is 52.9 Å². The summed E-state index contributed by atoms with van der Waals surface area (Å²) in [5.41, 5.74) is 0.587. The van der Waals surface area contributed by atoms with Gasteiger partial charge in [-0.1, -0.05) is 27.2 Å². The molecule has 0 unspecified atom stereocenters. The summed E-state index contributed by atoms with van der Waals surface area (Å²) in [5, 5.41) is 3.63. The molecule has 0 spiro atoms. The first-order valence-corrected chi connectivity index (χ1v) is 5.37. The van der Waals surface area contributed by atoms with Crippen LogP contribution in [0.15, 0.2) is 0 Å². The third-order valence-electron chi connectivity index (χ3n) is 2.89. The minimum atomic E-state index is 0.587. The van der Waals surface area contributed by atoms with E-state index in [4.69, 9.17) is 0 Å². The van der Waals surface area contributed by atoms with Crippen LogP contribution in [0.25, 0.3) is 0 Å². The fourth-order valence-electron chi connectivity index (χ4n) is 2.22. The van der Waals surface area contributed by atoms with Crippen molar-refractivity contribution in [2.45, 2.75) is 58.9 Å². The zero-order chi connectivity index (χ0) is 9.03.